The first-order valence-electron chi connectivity index (χ1n) is 6.06. The third-order valence-electron chi connectivity index (χ3n) is 2.31. The quantitative estimate of drug-likeness (QED) is 0.794. The van der Waals surface area contributed by atoms with Crippen molar-refractivity contribution in [1.82, 2.24) is 4.98 Å². The van der Waals surface area contributed by atoms with Crippen LogP contribution in [-0.2, 0) is 4.79 Å². The Morgan fingerprint density at radius 1 is 1.56 bits per heavy atom. The molecule has 0 aliphatic rings. The average molecular weight is 245 g/mol. The van der Waals surface area contributed by atoms with Gasteiger partial charge in [-0.1, -0.05) is 25.7 Å². The molecule has 96 valence electrons. The van der Waals surface area contributed by atoms with Crippen LogP contribution in [0.25, 0.3) is 0 Å². The van der Waals surface area contributed by atoms with Gasteiger partial charge < -0.3 is 11.1 Å². The molecule has 1 rings (SSSR count). The SMILES string of the molecule is CC(C)CCC(=O)Nc1cc(C#CCN)ccn1. The van der Waals surface area contributed by atoms with Crippen LogP contribution in [0, 0.1) is 17.8 Å². The molecule has 0 fully saturated rings. The standard InChI is InChI=1S/C14H19N3O/c1-11(2)5-6-14(18)17-13-10-12(4-3-8-15)7-9-16-13/h7,9-11H,5-6,8,15H2,1-2H3,(H,16,17,18). The van der Waals surface area contributed by atoms with E-state index in [1.54, 1.807) is 18.3 Å². The van der Waals surface area contributed by atoms with Crippen LogP contribution >= 0.6 is 0 Å². The summed E-state index contributed by atoms with van der Waals surface area (Å²) in [5, 5.41) is 2.77. The maximum absolute atomic E-state index is 11.6. The Morgan fingerprint density at radius 2 is 2.33 bits per heavy atom. The molecule has 0 radical (unpaired) electrons. The summed E-state index contributed by atoms with van der Waals surface area (Å²) in [6.45, 7) is 4.50. The molecule has 0 atom stereocenters. The number of carbonyl (C=O) groups is 1. The maximum atomic E-state index is 11.6. The molecule has 4 heteroatoms. The Bertz CT molecular complexity index is 458. The summed E-state index contributed by atoms with van der Waals surface area (Å²) in [5.41, 5.74) is 6.10. The molecule has 1 amide bonds. The molecule has 4 nitrogen and oxygen atoms in total. The number of hydrogen-bond acceptors (Lipinski definition) is 3. The first-order valence-corrected chi connectivity index (χ1v) is 6.06. The van der Waals surface area contributed by atoms with E-state index >= 15 is 0 Å². The molecule has 1 aromatic rings. The lowest BCUT2D eigenvalue weighted by Gasteiger charge is -2.06. The third-order valence-corrected chi connectivity index (χ3v) is 2.31. The van der Waals surface area contributed by atoms with E-state index in [-0.39, 0.29) is 5.91 Å². The van der Waals surface area contributed by atoms with Gasteiger partial charge in [-0.15, -0.1) is 0 Å². The highest BCUT2D eigenvalue weighted by Gasteiger charge is 2.04. The Balaban J connectivity index is 2.59. The number of pyridine rings is 1. The second-order valence-corrected chi connectivity index (χ2v) is 4.42. The van der Waals surface area contributed by atoms with Gasteiger partial charge >= 0.3 is 0 Å². The Labute approximate surface area is 108 Å². The summed E-state index contributed by atoms with van der Waals surface area (Å²) in [5.74, 6) is 6.70. The van der Waals surface area contributed by atoms with Crippen LogP contribution in [0.4, 0.5) is 5.82 Å². The van der Waals surface area contributed by atoms with Crippen molar-refractivity contribution in [3.8, 4) is 11.8 Å². The number of rotatable bonds is 4. The number of amides is 1. The first kappa shape index (κ1) is 14.2. The highest BCUT2D eigenvalue weighted by Crippen LogP contribution is 2.08. The van der Waals surface area contributed by atoms with Gasteiger partial charge in [-0.05, 0) is 24.5 Å². The van der Waals surface area contributed by atoms with Crippen molar-refractivity contribution >= 4 is 11.7 Å². The Kier molecular flexibility index (Phi) is 5.89. The molecule has 3 N–H and O–H groups in total. The zero-order chi connectivity index (χ0) is 13.4. The van der Waals surface area contributed by atoms with Gasteiger partial charge in [0.2, 0.25) is 5.91 Å². The highest BCUT2D eigenvalue weighted by atomic mass is 16.1. The van der Waals surface area contributed by atoms with Gasteiger partial charge in [-0.25, -0.2) is 4.98 Å². The fourth-order valence-electron chi connectivity index (χ4n) is 1.35. The van der Waals surface area contributed by atoms with E-state index in [9.17, 15) is 4.79 Å². The van der Waals surface area contributed by atoms with Crippen molar-refractivity contribution in [1.29, 1.82) is 0 Å². The summed E-state index contributed by atoms with van der Waals surface area (Å²) >= 11 is 0. The van der Waals surface area contributed by atoms with Gasteiger partial charge in [0, 0.05) is 18.2 Å². The predicted octanol–water partition coefficient (Wildman–Crippen LogP) is 1.77. The van der Waals surface area contributed by atoms with Crippen LogP contribution in [0.5, 0.6) is 0 Å². The molecule has 0 aliphatic heterocycles. The Morgan fingerprint density at radius 3 is 3.00 bits per heavy atom. The first-order chi connectivity index (χ1) is 8.61. The van der Waals surface area contributed by atoms with Gasteiger partial charge in [-0.3, -0.25) is 4.79 Å². The molecule has 0 aliphatic carbocycles. The second kappa shape index (κ2) is 7.46. The van der Waals surface area contributed by atoms with E-state index in [0.29, 0.717) is 24.7 Å². The molecule has 1 heterocycles. The number of nitrogens with two attached hydrogens (primary N) is 1. The van der Waals surface area contributed by atoms with Crippen LogP contribution in [0.3, 0.4) is 0 Å². The van der Waals surface area contributed by atoms with Gasteiger partial charge in [-0.2, -0.15) is 0 Å². The lowest BCUT2D eigenvalue weighted by atomic mass is 10.1. The van der Waals surface area contributed by atoms with E-state index in [4.69, 9.17) is 5.73 Å². The van der Waals surface area contributed by atoms with Gasteiger partial charge in [0.05, 0.1) is 6.54 Å². The van der Waals surface area contributed by atoms with Crippen LogP contribution in [0.2, 0.25) is 0 Å². The van der Waals surface area contributed by atoms with Crippen molar-refractivity contribution in [3.05, 3.63) is 23.9 Å². The second-order valence-electron chi connectivity index (χ2n) is 4.42. The predicted molar refractivity (Wildman–Crippen MR) is 72.9 cm³/mol. The monoisotopic (exact) mass is 245 g/mol. The topological polar surface area (TPSA) is 68.0 Å². The molecule has 0 saturated carbocycles. The number of aromatic nitrogens is 1. The number of carbonyl (C=O) groups excluding carboxylic acids is 1. The zero-order valence-electron chi connectivity index (χ0n) is 10.9. The van der Waals surface area contributed by atoms with E-state index in [0.717, 1.165) is 12.0 Å². The summed E-state index contributed by atoms with van der Waals surface area (Å²) in [7, 11) is 0. The third kappa shape index (κ3) is 5.46. The summed E-state index contributed by atoms with van der Waals surface area (Å²) in [6.07, 6.45) is 3.01. The smallest absolute Gasteiger partial charge is 0.225 e. The van der Waals surface area contributed by atoms with Crippen molar-refractivity contribution < 1.29 is 4.79 Å². The maximum Gasteiger partial charge on any atom is 0.225 e. The van der Waals surface area contributed by atoms with Gasteiger partial charge in [0.1, 0.15) is 5.82 Å². The van der Waals surface area contributed by atoms with E-state index in [1.165, 1.54) is 0 Å². The van der Waals surface area contributed by atoms with Crippen molar-refractivity contribution in [2.75, 3.05) is 11.9 Å². The number of nitrogens with one attached hydrogen (secondary N) is 1. The molecule has 18 heavy (non-hydrogen) atoms. The van der Waals surface area contributed by atoms with Crippen molar-refractivity contribution in [2.24, 2.45) is 11.7 Å². The number of nitrogens with zero attached hydrogens (tertiary/aromatic N) is 1. The molecule has 0 unspecified atom stereocenters. The van der Waals surface area contributed by atoms with Crippen LogP contribution < -0.4 is 11.1 Å². The summed E-state index contributed by atoms with van der Waals surface area (Å²) in [4.78, 5) is 15.7. The molecule has 0 aromatic carbocycles. The lowest BCUT2D eigenvalue weighted by molar-refractivity contribution is -0.116. The van der Waals surface area contributed by atoms with E-state index in [1.807, 2.05) is 0 Å². The van der Waals surface area contributed by atoms with E-state index < -0.39 is 0 Å². The fraction of sp³-hybridized carbons (Fsp3) is 0.429. The normalized spacial score (nSPS) is 9.78. The summed E-state index contributed by atoms with van der Waals surface area (Å²) in [6, 6.07) is 3.53. The van der Waals surface area contributed by atoms with E-state index in [2.05, 4.69) is 36.0 Å². The Hall–Kier alpha value is -1.86. The van der Waals surface area contributed by atoms with Crippen LogP contribution in [0.15, 0.2) is 18.3 Å². The fourth-order valence-corrected chi connectivity index (χ4v) is 1.35. The van der Waals surface area contributed by atoms with Gasteiger partial charge in [0.25, 0.3) is 0 Å². The molecular weight excluding hydrogens is 226 g/mol. The average Bonchev–Trinajstić information content (AvgIpc) is 2.34. The molecule has 1 aromatic heterocycles. The lowest BCUT2D eigenvalue weighted by Crippen LogP contribution is -2.13. The minimum Gasteiger partial charge on any atom is -0.320 e. The molecule has 0 saturated heterocycles. The van der Waals surface area contributed by atoms with Crippen molar-refractivity contribution in [2.45, 2.75) is 26.7 Å². The zero-order valence-corrected chi connectivity index (χ0v) is 10.9. The molecule has 0 bridgehead atoms. The van der Waals surface area contributed by atoms with Gasteiger partial charge in [0.15, 0.2) is 0 Å². The van der Waals surface area contributed by atoms with Crippen LogP contribution in [0.1, 0.15) is 32.3 Å². The largest absolute Gasteiger partial charge is 0.320 e. The molecule has 0 spiro atoms. The minimum atomic E-state index is -0.0138. The number of anilines is 1. The summed E-state index contributed by atoms with van der Waals surface area (Å²) < 4.78 is 0. The minimum absolute atomic E-state index is 0.0138. The molecular formula is C14H19N3O. The highest BCUT2D eigenvalue weighted by molar-refractivity contribution is 5.89. The number of hydrogen-bond donors (Lipinski definition) is 2. The van der Waals surface area contributed by atoms with Crippen LogP contribution in [-0.4, -0.2) is 17.4 Å². The van der Waals surface area contributed by atoms with Crippen molar-refractivity contribution in [3.63, 3.8) is 0 Å².